The van der Waals surface area contributed by atoms with Crippen molar-refractivity contribution in [2.75, 3.05) is 6.54 Å². The van der Waals surface area contributed by atoms with Gasteiger partial charge in [-0.15, -0.1) is 12.4 Å². The molecule has 0 aromatic rings. The average molecular weight is 175 g/mol. The molecule has 1 rings (SSSR count). The van der Waals surface area contributed by atoms with Crippen molar-refractivity contribution < 1.29 is 9.59 Å². The molecule has 5 heteroatoms. The predicted molar refractivity (Wildman–Crippen MR) is 41.9 cm³/mol. The Balaban J connectivity index is 0.000001000. The summed E-state index contributed by atoms with van der Waals surface area (Å²) in [5.41, 5.74) is 0. The van der Waals surface area contributed by atoms with E-state index in [-0.39, 0.29) is 30.8 Å². The van der Waals surface area contributed by atoms with Gasteiger partial charge in [-0.25, -0.2) is 0 Å². The van der Waals surface area contributed by atoms with Crippen LogP contribution in [0.4, 0.5) is 0 Å². The van der Waals surface area contributed by atoms with E-state index < -0.39 is 0 Å². The lowest BCUT2D eigenvalue weighted by atomic mass is 10.5. The zero-order valence-corrected chi connectivity index (χ0v) is 6.43. The molecule has 0 fully saturated rings. The standard InChI is InChI=1S/C6H6N2O2.ClH/c7-3-4-8-5(9)1-2-6(8)10;/h1-3,7H,4H2;1H. The Kier molecular flexibility index (Phi) is 3.47. The quantitative estimate of drug-likeness (QED) is 0.473. The van der Waals surface area contributed by atoms with Gasteiger partial charge in [0.25, 0.3) is 11.8 Å². The summed E-state index contributed by atoms with van der Waals surface area (Å²) >= 11 is 0. The van der Waals surface area contributed by atoms with Crippen molar-refractivity contribution >= 4 is 30.4 Å². The SMILES string of the molecule is Cl.N=CCN1C(=O)C=CC1=O. The van der Waals surface area contributed by atoms with Gasteiger partial charge in [-0.2, -0.15) is 0 Å². The van der Waals surface area contributed by atoms with Crippen molar-refractivity contribution in [1.29, 1.82) is 5.41 Å². The molecule has 0 saturated carbocycles. The molecule has 60 valence electrons. The van der Waals surface area contributed by atoms with Gasteiger partial charge in [-0.05, 0) is 0 Å². The Hall–Kier alpha value is -1.16. The van der Waals surface area contributed by atoms with Crippen molar-refractivity contribution in [3.05, 3.63) is 12.2 Å². The van der Waals surface area contributed by atoms with Gasteiger partial charge in [0, 0.05) is 18.4 Å². The molecule has 0 aromatic carbocycles. The van der Waals surface area contributed by atoms with Gasteiger partial charge in [0.15, 0.2) is 0 Å². The first kappa shape index (κ1) is 9.84. The number of halogens is 1. The number of nitrogens with one attached hydrogen (secondary N) is 1. The first-order valence-corrected chi connectivity index (χ1v) is 2.78. The number of carbonyl (C=O) groups excluding carboxylic acids is 2. The van der Waals surface area contributed by atoms with Gasteiger partial charge >= 0.3 is 0 Å². The van der Waals surface area contributed by atoms with Crippen molar-refractivity contribution in [3.63, 3.8) is 0 Å². The summed E-state index contributed by atoms with van der Waals surface area (Å²) < 4.78 is 0. The van der Waals surface area contributed by atoms with E-state index in [2.05, 4.69) is 0 Å². The zero-order chi connectivity index (χ0) is 7.56. The largest absolute Gasteiger partial charge is 0.311 e. The molecule has 0 atom stereocenters. The minimum Gasteiger partial charge on any atom is -0.311 e. The average Bonchev–Trinajstić information content (AvgIpc) is 2.20. The van der Waals surface area contributed by atoms with Gasteiger partial charge in [-0.3, -0.25) is 14.5 Å². The van der Waals surface area contributed by atoms with E-state index in [4.69, 9.17) is 5.41 Å². The number of rotatable bonds is 2. The van der Waals surface area contributed by atoms with Crippen LogP contribution in [0, 0.1) is 5.41 Å². The minimum absolute atomic E-state index is 0. The van der Waals surface area contributed by atoms with E-state index >= 15 is 0 Å². The second-order valence-electron chi connectivity index (χ2n) is 1.82. The monoisotopic (exact) mass is 174 g/mol. The zero-order valence-electron chi connectivity index (χ0n) is 5.61. The number of imide groups is 1. The molecular formula is C6H7ClN2O2. The van der Waals surface area contributed by atoms with Crippen molar-refractivity contribution in [2.45, 2.75) is 0 Å². The Morgan fingerprint density at radius 2 is 1.82 bits per heavy atom. The Morgan fingerprint density at radius 1 is 1.36 bits per heavy atom. The number of hydrogen-bond acceptors (Lipinski definition) is 3. The second-order valence-corrected chi connectivity index (χ2v) is 1.82. The van der Waals surface area contributed by atoms with Crippen LogP contribution in [-0.2, 0) is 9.59 Å². The molecule has 4 nitrogen and oxygen atoms in total. The molecule has 11 heavy (non-hydrogen) atoms. The maximum absolute atomic E-state index is 10.7. The highest BCUT2D eigenvalue weighted by Crippen LogP contribution is 2.00. The maximum atomic E-state index is 10.7. The summed E-state index contributed by atoms with van der Waals surface area (Å²) in [5.74, 6) is -0.679. The number of nitrogens with zero attached hydrogens (tertiary/aromatic N) is 1. The number of amides is 2. The summed E-state index contributed by atoms with van der Waals surface area (Å²) in [4.78, 5) is 22.4. The van der Waals surface area contributed by atoms with E-state index in [1.54, 1.807) is 0 Å². The molecule has 0 radical (unpaired) electrons. The molecule has 0 bridgehead atoms. The fourth-order valence-electron chi connectivity index (χ4n) is 0.702. The predicted octanol–water partition coefficient (Wildman–Crippen LogP) is -0.0172. The summed E-state index contributed by atoms with van der Waals surface area (Å²) in [7, 11) is 0. The Labute approximate surface area is 69.8 Å². The lowest BCUT2D eigenvalue weighted by molar-refractivity contribution is -0.135. The van der Waals surface area contributed by atoms with Crippen LogP contribution in [0.2, 0.25) is 0 Å². The van der Waals surface area contributed by atoms with Gasteiger partial charge in [-0.1, -0.05) is 0 Å². The Bertz CT molecular complexity index is 207. The van der Waals surface area contributed by atoms with E-state index in [9.17, 15) is 9.59 Å². The minimum atomic E-state index is -0.339. The number of carbonyl (C=O) groups is 2. The highest BCUT2D eigenvalue weighted by atomic mass is 35.5. The molecular weight excluding hydrogens is 168 g/mol. The lowest BCUT2D eigenvalue weighted by Gasteiger charge is -2.08. The molecule has 0 saturated heterocycles. The number of hydrogen-bond donors (Lipinski definition) is 1. The third-order valence-electron chi connectivity index (χ3n) is 1.17. The molecule has 1 aliphatic rings. The van der Waals surface area contributed by atoms with E-state index in [0.717, 1.165) is 11.1 Å². The van der Waals surface area contributed by atoms with Gasteiger partial charge in [0.2, 0.25) is 0 Å². The van der Waals surface area contributed by atoms with Gasteiger partial charge < -0.3 is 5.41 Å². The molecule has 1 N–H and O–H groups in total. The van der Waals surface area contributed by atoms with Crippen LogP contribution in [0.25, 0.3) is 0 Å². The van der Waals surface area contributed by atoms with Crippen LogP contribution < -0.4 is 0 Å². The van der Waals surface area contributed by atoms with Crippen molar-refractivity contribution in [3.8, 4) is 0 Å². The molecule has 0 aromatic heterocycles. The Morgan fingerprint density at radius 3 is 2.18 bits per heavy atom. The van der Waals surface area contributed by atoms with Crippen LogP contribution in [0.1, 0.15) is 0 Å². The summed E-state index contributed by atoms with van der Waals surface area (Å²) in [6.07, 6.45) is 3.42. The maximum Gasteiger partial charge on any atom is 0.253 e. The highest BCUT2D eigenvalue weighted by molar-refractivity contribution is 6.13. The van der Waals surface area contributed by atoms with Crippen LogP contribution in [0.3, 0.4) is 0 Å². The second kappa shape index (κ2) is 3.88. The molecule has 0 unspecified atom stereocenters. The van der Waals surface area contributed by atoms with Crippen LogP contribution >= 0.6 is 12.4 Å². The van der Waals surface area contributed by atoms with Crippen LogP contribution in [-0.4, -0.2) is 29.5 Å². The fourth-order valence-corrected chi connectivity index (χ4v) is 0.702. The highest BCUT2D eigenvalue weighted by Gasteiger charge is 2.21. The first-order valence-electron chi connectivity index (χ1n) is 2.78. The van der Waals surface area contributed by atoms with E-state index in [1.165, 1.54) is 12.2 Å². The fraction of sp³-hybridized carbons (Fsp3) is 0.167. The third-order valence-corrected chi connectivity index (χ3v) is 1.17. The van der Waals surface area contributed by atoms with Crippen molar-refractivity contribution in [1.82, 2.24) is 4.90 Å². The summed E-state index contributed by atoms with van der Waals surface area (Å²) in [6.45, 7) is 0.0741. The smallest absolute Gasteiger partial charge is 0.253 e. The summed E-state index contributed by atoms with van der Waals surface area (Å²) in [5, 5.41) is 6.65. The molecule has 0 aliphatic carbocycles. The van der Waals surface area contributed by atoms with Crippen LogP contribution in [0.5, 0.6) is 0 Å². The molecule has 1 aliphatic heterocycles. The third kappa shape index (κ3) is 1.88. The van der Waals surface area contributed by atoms with E-state index in [1.807, 2.05) is 0 Å². The molecule has 1 heterocycles. The van der Waals surface area contributed by atoms with Crippen LogP contribution in [0.15, 0.2) is 12.2 Å². The van der Waals surface area contributed by atoms with Gasteiger partial charge in [0.1, 0.15) is 0 Å². The van der Waals surface area contributed by atoms with Crippen molar-refractivity contribution in [2.24, 2.45) is 0 Å². The molecule has 0 spiro atoms. The lowest BCUT2D eigenvalue weighted by Crippen LogP contribution is -2.31. The normalized spacial score (nSPS) is 15.1. The topological polar surface area (TPSA) is 61.2 Å². The first-order chi connectivity index (χ1) is 4.75. The van der Waals surface area contributed by atoms with E-state index in [0.29, 0.717) is 0 Å². The summed E-state index contributed by atoms with van der Waals surface area (Å²) in [6, 6.07) is 0. The van der Waals surface area contributed by atoms with Gasteiger partial charge in [0.05, 0.1) is 6.54 Å². The molecule has 2 amide bonds.